The molecule has 0 radical (unpaired) electrons. The van der Waals surface area contributed by atoms with Crippen molar-refractivity contribution in [2.24, 2.45) is 7.05 Å². The lowest BCUT2D eigenvalue weighted by molar-refractivity contribution is 0.0944. The lowest BCUT2D eigenvalue weighted by Gasteiger charge is -2.18. The summed E-state index contributed by atoms with van der Waals surface area (Å²) in [7, 11) is 1.82. The lowest BCUT2D eigenvalue weighted by Crippen LogP contribution is -2.26. The molecule has 0 fully saturated rings. The zero-order chi connectivity index (χ0) is 24.7. The number of carbonyl (C=O) groups is 1. The second-order valence-electron chi connectivity index (χ2n) is 9.35. The third-order valence-electron chi connectivity index (χ3n) is 5.64. The molecular weight excluding hydrogens is 447 g/mol. The number of benzene rings is 1. The molecule has 5 rings (SSSR count). The Labute approximate surface area is 201 Å². The van der Waals surface area contributed by atoms with Gasteiger partial charge in [0.05, 0.1) is 41.0 Å². The van der Waals surface area contributed by atoms with Crippen molar-refractivity contribution >= 4 is 11.4 Å². The molecule has 5 aromatic rings. The molecule has 0 aliphatic heterocycles. The number of nitrogens with zero attached hydrogens (tertiary/aromatic N) is 7. The van der Waals surface area contributed by atoms with Gasteiger partial charge in [-0.2, -0.15) is 15.3 Å². The Balaban J connectivity index is 1.39. The molecule has 0 unspecified atom stereocenters. The van der Waals surface area contributed by atoms with Crippen LogP contribution in [-0.2, 0) is 19.1 Å². The van der Waals surface area contributed by atoms with Crippen molar-refractivity contribution in [2.45, 2.75) is 32.9 Å². The van der Waals surface area contributed by atoms with E-state index in [0.717, 1.165) is 5.56 Å². The smallest absolute Gasteiger partial charge is 0.272 e. The summed E-state index contributed by atoms with van der Waals surface area (Å²) in [6.07, 6.45) is 8.75. The van der Waals surface area contributed by atoms with E-state index in [0.29, 0.717) is 33.7 Å². The molecule has 0 aliphatic rings. The van der Waals surface area contributed by atoms with Gasteiger partial charge >= 0.3 is 0 Å². The second-order valence-corrected chi connectivity index (χ2v) is 9.35. The summed E-state index contributed by atoms with van der Waals surface area (Å²) in [6, 6.07) is 8.32. The molecule has 10 heteroatoms. The van der Waals surface area contributed by atoms with Crippen LogP contribution in [0, 0.1) is 5.82 Å². The fourth-order valence-electron chi connectivity index (χ4n) is 3.77. The molecule has 4 heterocycles. The van der Waals surface area contributed by atoms with Gasteiger partial charge in [-0.15, -0.1) is 0 Å². The van der Waals surface area contributed by atoms with Crippen LogP contribution in [0.1, 0.15) is 36.8 Å². The molecule has 1 aromatic carbocycles. The van der Waals surface area contributed by atoms with Crippen LogP contribution in [0.25, 0.3) is 28.0 Å². The largest absolute Gasteiger partial charge is 0.347 e. The molecule has 178 valence electrons. The predicted molar refractivity (Wildman–Crippen MR) is 129 cm³/mol. The Kier molecular flexibility index (Phi) is 5.43. The van der Waals surface area contributed by atoms with Gasteiger partial charge in [0, 0.05) is 37.1 Å². The molecular formula is C25H25FN8O. The molecule has 0 atom stereocenters. The maximum Gasteiger partial charge on any atom is 0.272 e. The zero-order valence-corrected chi connectivity index (χ0v) is 19.9. The summed E-state index contributed by atoms with van der Waals surface area (Å²) in [4.78, 5) is 17.2. The van der Waals surface area contributed by atoms with Crippen LogP contribution < -0.4 is 5.32 Å². The van der Waals surface area contributed by atoms with Gasteiger partial charge in [-0.05, 0) is 50.6 Å². The summed E-state index contributed by atoms with van der Waals surface area (Å²) in [5.74, 6) is -0.753. The Hall–Kier alpha value is -4.34. The van der Waals surface area contributed by atoms with E-state index in [1.54, 1.807) is 62.9 Å². The van der Waals surface area contributed by atoms with Crippen molar-refractivity contribution in [1.82, 2.24) is 39.5 Å². The van der Waals surface area contributed by atoms with E-state index in [-0.39, 0.29) is 18.0 Å². The highest BCUT2D eigenvalue weighted by atomic mass is 19.1. The van der Waals surface area contributed by atoms with Crippen molar-refractivity contribution in [3.8, 4) is 22.5 Å². The van der Waals surface area contributed by atoms with Gasteiger partial charge < -0.3 is 5.32 Å². The summed E-state index contributed by atoms with van der Waals surface area (Å²) >= 11 is 0. The van der Waals surface area contributed by atoms with E-state index in [1.165, 1.54) is 6.07 Å². The normalized spacial score (nSPS) is 11.8. The van der Waals surface area contributed by atoms with E-state index in [2.05, 4.69) is 20.6 Å². The molecule has 35 heavy (non-hydrogen) atoms. The number of hydrogen-bond donors (Lipinski definition) is 1. The number of amides is 1. The van der Waals surface area contributed by atoms with Crippen molar-refractivity contribution in [2.75, 3.05) is 0 Å². The minimum absolute atomic E-state index is 0.170. The highest BCUT2D eigenvalue weighted by Gasteiger charge is 2.18. The number of halogens is 1. The Morgan fingerprint density at radius 3 is 2.63 bits per heavy atom. The topological polar surface area (TPSA) is 94.9 Å². The average Bonchev–Trinajstić information content (AvgIpc) is 3.56. The molecule has 0 bridgehead atoms. The summed E-state index contributed by atoms with van der Waals surface area (Å²) in [5, 5.41) is 15.6. The van der Waals surface area contributed by atoms with Crippen LogP contribution in [0.15, 0.2) is 61.3 Å². The third kappa shape index (κ3) is 4.42. The fraction of sp³-hybridized carbons (Fsp3) is 0.240. The fourth-order valence-corrected chi connectivity index (χ4v) is 3.77. The van der Waals surface area contributed by atoms with Crippen molar-refractivity contribution in [1.29, 1.82) is 0 Å². The first kappa shape index (κ1) is 22.5. The van der Waals surface area contributed by atoms with Gasteiger partial charge in [0.1, 0.15) is 11.5 Å². The standard InChI is InChI=1S/C25H25FN8O/c1-25(2,3)34-10-8-20(31-34)24(35)27-12-16-5-6-18(19(26)11-16)23-22-7-9-28-33(22)15-21(30-23)17-13-29-32(4)14-17/h5-11,13-15H,12H2,1-4H3,(H,27,35). The minimum atomic E-state index is -0.437. The number of aryl methyl sites for hydroxylation is 1. The van der Waals surface area contributed by atoms with E-state index in [1.807, 2.05) is 34.0 Å². The van der Waals surface area contributed by atoms with Gasteiger partial charge in [0.2, 0.25) is 0 Å². The van der Waals surface area contributed by atoms with Crippen molar-refractivity contribution in [3.05, 3.63) is 78.4 Å². The maximum atomic E-state index is 15.3. The van der Waals surface area contributed by atoms with Crippen LogP contribution in [0.3, 0.4) is 0 Å². The quantitative estimate of drug-likeness (QED) is 0.420. The Bertz CT molecular complexity index is 1540. The van der Waals surface area contributed by atoms with E-state index in [4.69, 9.17) is 4.98 Å². The van der Waals surface area contributed by atoms with E-state index in [9.17, 15) is 4.79 Å². The van der Waals surface area contributed by atoms with Gasteiger partial charge in [-0.25, -0.2) is 13.9 Å². The lowest BCUT2D eigenvalue weighted by atomic mass is 10.1. The SMILES string of the molecule is Cn1cc(-c2cn3nccc3c(-c3ccc(CNC(=O)c4ccn(C(C)(C)C)n4)cc3F)n2)cn1. The van der Waals surface area contributed by atoms with Gasteiger partial charge in [0.25, 0.3) is 5.91 Å². The number of nitrogens with one attached hydrogen (secondary N) is 1. The van der Waals surface area contributed by atoms with Gasteiger partial charge in [-0.1, -0.05) is 6.07 Å². The van der Waals surface area contributed by atoms with Gasteiger partial charge in [0.15, 0.2) is 0 Å². The molecule has 0 spiro atoms. The summed E-state index contributed by atoms with van der Waals surface area (Å²) in [6.45, 7) is 6.19. The second kappa shape index (κ2) is 8.46. The molecule has 0 aliphatic carbocycles. The van der Waals surface area contributed by atoms with Crippen LogP contribution in [-0.4, -0.2) is 40.1 Å². The summed E-state index contributed by atoms with van der Waals surface area (Å²) < 4.78 is 20.4. The van der Waals surface area contributed by atoms with Gasteiger partial charge in [-0.3, -0.25) is 14.2 Å². The van der Waals surface area contributed by atoms with Crippen LogP contribution >= 0.6 is 0 Å². The number of fused-ring (bicyclic) bond motifs is 1. The first-order valence-corrected chi connectivity index (χ1v) is 11.2. The zero-order valence-electron chi connectivity index (χ0n) is 19.9. The number of rotatable bonds is 5. The highest BCUT2D eigenvalue weighted by molar-refractivity contribution is 5.92. The van der Waals surface area contributed by atoms with Crippen LogP contribution in [0.5, 0.6) is 0 Å². The average molecular weight is 473 g/mol. The first-order chi connectivity index (χ1) is 16.7. The minimum Gasteiger partial charge on any atom is -0.347 e. The predicted octanol–water partition coefficient (Wildman–Crippen LogP) is 3.82. The first-order valence-electron chi connectivity index (χ1n) is 11.2. The number of hydrogen-bond acceptors (Lipinski definition) is 5. The molecule has 4 aromatic heterocycles. The highest BCUT2D eigenvalue weighted by Crippen LogP contribution is 2.29. The molecule has 1 N–H and O–H groups in total. The molecule has 9 nitrogen and oxygen atoms in total. The molecule has 0 saturated heterocycles. The molecule has 0 saturated carbocycles. The van der Waals surface area contributed by atoms with E-state index >= 15 is 4.39 Å². The van der Waals surface area contributed by atoms with Crippen molar-refractivity contribution < 1.29 is 9.18 Å². The van der Waals surface area contributed by atoms with Crippen molar-refractivity contribution in [3.63, 3.8) is 0 Å². The molecule has 1 amide bonds. The van der Waals surface area contributed by atoms with Crippen LogP contribution in [0.2, 0.25) is 0 Å². The maximum absolute atomic E-state index is 15.3. The monoisotopic (exact) mass is 472 g/mol. The number of aromatic nitrogens is 7. The van der Waals surface area contributed by atoms with E-state index < -0.39 is 5.82 Å². The Morgan fingerprint density at radius 2 is 1.94 bits per heavy atom. The van der Waals surface area contributed by atoms with Crippen LogP contribution in [0.4, 0.5) is 4.39 Å². The third-order valence-corrected chi connectivity index (χ3v) is 5.64. The number of carbonyl (C=O) groups excluding carboxylic acids is 1. The Morgan fingerprint density at radius 1 is 1.11 bits per heavy atom. The summed E-state index contributed by atoms with van der Waals surface area (Å²) in [5.41, 5.74) is 3.67.